The summed E-state index contributed by atoms with van der Waals surface area (Å²) in [6, 6.07) is 24.3. The summed E-state index contributed by atoms with van der Waals surface area (Å²) in [6.45, 7) is 0.178. The van der Waals surface area contributed by atoms with E-state index < -0.39 is 16.5 Å². The third kappa shape index (κ3) is 4.51. The van der Waals surface area contributed by atoms with E-state index in [0.717, 1.165) is 11.1 Å². The lowest BCUT2D eigenvalue weighted by atomic mass is 9.82. The highest BCUT2D eigenvalue weighted by atomic mass is 32.2. The Kier molecular flexibility index (Phi) is 6.70. The molecule has 152 valence electrons. The lowest BCUT2D eigenvalue weighted by Crippen LogP contribution is -2.28. The van der Waals surface area contributed by atoms with E-state index in [4.69, 9.17) is 5.73 Å². The van der Waals surface area contributed by atoms with E-state index in [1.54, 1.807) is 23.9 Å². The maximum Gasteiger partial charge on any atom is 0.416 e. The molecule has 5 heteroatoms. The van der Waals surface area contributed by atoms with Gasteiger partial charge in [-0.1, -0.05) is 78.9 Å². The molecular formula is C24H24F3NS. The number of hydrogen-bond donors (Lipinski definition) is 1. The van der Waals surface area contributed by atoms with Crippen LogP contribution in [-0.2, 0) is 23.8 Å². The van der Waals surface area contributed by atoms with Crippen LogP contribution in [0.4, 0.5) is 13.2 Å². The van der Waals surface area contributed by atoms with Crippen LogP contribution in [0.25, 0.3) is 0 Å². The maximum atomic E-state index is 14.1. The van der Waals surface area contributed by atoms with Gasteiger partial charge in [-0.3, -0.25) is 0 Å². The highest BCUT2D eigenvalue weighted by Crippen LogP contribution is 2.46. The zero-order valence-electron chi connectivity index (χ0n) is 16.2. The standard InChI is InChI=1S/C24H24F3NS/c1-29-23(20-11-4-2-5-12-20,21-13-6-3-7-14-21)17-19-10-8-9-18(15-16-28)22(19)24(25,26)27/h2-14H,15-17,28H2,1H3. The Labute approximate surface area is 174 Å². The average molecular weight is 416 g/mol. The SMILES string of the molecule is CSC(Cc1cccc(CCN)c1C(F)(F)F)(c1ccccc1)c1ccccc1. The van der Waals surface area contributed by atoms with Crippen LogP contribution in [0.15, 0.2) is 78.9 Å². The molecule has 0 atom stereocenters. The maximum absolute atomic E-state index is 14.1. The van der Waals surface area contributed by atoms with Crippen molar-refractivity contribution in [2.75, 3.05) is 12.8 Å². The second kappa shape index (κ2) is 9.06. The van der Waals surface area contributed by atoms with Crippen molar-refractivity contribution in [1.29, 1.82) is 0 Å². The fraction of sp³-hybridized carbons (Fsp3) is 0.250. The third-order valence-corrected chi connectivity index (χ3v) is 6.51. The van der Waals surface area contributed by atoms with Crippen LogP contribution in [0, 0.1) is 0 Å². The lowest BCUT2D eigenvalue weighted by Gasteiger charge is -2.35. The van der Waals surface area contributed by atoms with Gasteiger partial charge in [0.2, 0.25) is 0 Å². The summed E-state index contributed by atoms with van der Waals surface area (Å²) in [7, 11) is 0. The molecular weight excluding hydrogens is 391 g/mol. The predicted molar refractivity (Wildman–Crippen MR) is 115 cm³/mol. The molecule has 0 spiro atoms. The van der Waals surface area contributed by atoms with Gasteiger partial charge in [-0.05, 0) is 47.9 Å². The fourth-order valence-electron chi connectivity index (χ4n) is 3.89. The summed E-state index contributed by atoms with van der Waals surface area (Å²) in [5, 5.41) is 0. The molecule has 0 aliphatic rings. The van der Waals surface area contributed by atoms with E-state index >= 15 is 0 Å². The highest BCUT2D eigenvalue weighted by Gasteiger charge is 2.40. The Morgan fingerprint density at radius 3 is 1.72 bits per heavy atom. The number of hydrogen-bond acceptors (Lipinski definition) is 2. The van der Waals surface area contributed by atoms with E-state index in [9.17, 15) is 13.2 Å². The Morgan fingerprint density at radius 1 is 0.759 bits per heavy atom. The van der Waals surface area contributed by atoms with Gasteiger partial charge >= 0.3 is 6.18 Å². The topological polar surface area (TPSA) is 26.0 Å². The van der Waals surface area contributed by atoms with E-state index in [1.807, 2.05) is 66.9 Å². The molecule has 0 aliphatic heterocycles. The van der Waals surface area contributed by atoms with Gasteiger partial charge in [-0.25, -0.2) is 0 Å². The molecule has 0 bridgehead atoms. The van der Waals surface area contributed by atoms with Crippen LogP contribution in [0.3, 0.4) is 0 Å². The molecule has 0 radical (unpaired) electrons. The van der Waals surface area contributed by atoms with Gasteiger partial charge in [0.1, 0.15) is 0 Å². The number of nitrogens with two attached hydrogens (primary N) is 1. The van der Waals surface area contributed by atoms with Crippen molar-refractivity contribution in [2.24, 2.45) is 5.73 Å². The lowest BCUT2D eigenvalue weighted by molar-refractivity contribution is -0.138. The van der Waals surface area contributed by atoms with Crippen LogP contribution in [-0.4, -0.2) is 12.8 Å². The number of benzene rings is 3. The summed E-state index contributed by atoms with van der Waals surface area (Å²) in [5.74, 6) is 0. The summed E-state index contributed by atoms with van der Waals surface area (Å²) < 4.78 is 41.6. The molecule has 0 fully saturated rings. The van der Waals surface area contributed by atoms with Gasteiger partial charge in [0.15, 0.2) is 0 Å². The van der Waals surface area contributed by atoms with Gasteiger partial charge in [0, 0.05) is 0 Å². The minimum Gasteiger partial charge on any atom is -0.330 e. The zero-order valence-corrected chi connectivity index (χ0v) is 17.1. The molecule has 0 aromatic heterocycles. The Bertz CT molecular complexity index is 884. The molecule has 3 aromatic carbocycles. The van der Waals surface area contributed by atoms with Crippen molar-refractivity contribution >= 4 is 11.8 Å². The van der Waals surface area contributed by atoms with Crippen molar-refractivity contribution in [3.05, 3.63) is 107 Å². The van der Waals surface area contributed by atoms with Gasteiger partial charge in [-0.2, -0.15) is 13.2 Å². The fourth-order valence-corrected chi connectivity index (χ4v) is 4.93. The number of rotatable bonds is 7. The molecule has 0 saturated heterocycles. The average Bonchev–Trinajstić information content (AvgIpc) is 2.73. The van der Waals surface area contributed by atoms with Crippen molar-refractivity contribution in [3.63, 3.8) is 0 Å². The number of thioether (sulfide) groups is 1. The molecule has 1 nitrogen and oxygen atoms in total. The van der Waals surface area contributed by atoms with Crippen molar-refractivity contribution in [1.82, 2.24) is 0 Å². The van der Waals surface area contributed by atoms with Crippen LogP contribution in [0.2, 0.25) is 0 Å². The van der Waals surface area contributed by atoms with E-state index in [-0.39, 0.29) is 24.9 Å². The van der Waals surface area contributed by atoms with Crippen LogP contribution in [0.5, 0.6) is 0 Å². The first-order valence-corrected chi connectivity index (χ1v) is 10.7. The van der Waals surface area contributed by atoms with Gasteiger partial charge in [0.05, 0.1) is 10.3 Å². The smallest absolute Gasteiger partial charge is 0.330 e. The second-order valence-electron chi connectivity index (χ2n) is 6.93. The molecule has 0 unspecified atom stereocenters. The predicted octanol–water partition coefficient (Wildman–Crippen LogP) is 6.06. The Morgan fingerprint density at radius 2 is 1.28 bits per heavy atom. The molecule has 0 amide bonds. The molecule has 0 aliphatic carbocycles. The number of alkyl halides is 3. The van der Waals surface area contributed by atoms with Crippen molar-refractivity contribution in [3.8, 4) is 0 Å². The van der Waals surface area contributed by atoms with E-state index in [0.29, 0.717) is 5.56 Å². The summed E-state index contributed by atoms with van der Waals surface area (Å²) in [5.41, 5.74) is 7.56. The molecule has 0 heterocycles. The van der Waals surface area contributed by atoms with Crippen LogP contribution in [0.1, 0.15) is 27.8 Å². The van der Waals surface area contributed by atoms with Gasteiger partial charge < -0.3 is 5.73 Å². The second-order valence-corrected chi connectivity index (χ2v) is 8.03. The van der Waals surface area contributed by atoms with Gasteiger partial charge in [-0.15, -0.1) is 11.8 Å². The van der Waals surface area contributed by atoms with E-state index in [1.165, 1.54) is 6.07 Å². The van der Waals surface area contributed by atoms with Crippen molar-refractivity contribution < 1.29 is 13.2 Å². The van der Waals surface area contributed by atoms with E-state index in [2.05, 4.69) is 0 Å². The first-order chi connectivity index (χ1) is 13.9. The monoisotopic (exact) mass is 415 g/mol. The Hall–Kier alpha value is -2.24. The first kappa shape index (κ1) is 21.5. The molecule has 2 N–H and O–H groups in total. The zero-order chi connectivity index (χ0) is 20.9. The largest absolute Gasteiger partial charge is 0.416 e. The number of halogens is 3. The summed E-state index contributed by atoms with van der Waals surface area (Å²) >= 11 is 1.56. The van der Waals surface area contributed by atoms with Gasteiger partial charge in [0.25, 0.3) is 0 Å². The molecule has 0 saturated carbocycles. The summed E-state index contributed by atoms with van der Waals surface area (Å²) in [4.78, 5) is 0. The molecule has 3 rings (SSSR count). The summed E-state index contributed by atoms with van der Waals surface area (Å²) in [6.07, 6.45) is -2.04. The third-order valence-electron chi connectivity index (χ3n) is 5.20. The Balaban J connectivity index is 2.22. The quantitative estimate of drug-likeness (QED) is 0.508. The minimum atomic E-state index is -4.43. The molecule has 29 heavy (non-hydrogen) atoms. The van der Waals surface area contributed by atoms with Crippen LogP contribution < -0.4 is 5.73 Å². The molecule has 3 aromatic rings. The van der Waals surface area contributed by atoms with Crippen LogP contribution >= 0.6 is 11.8 Å². The minimum absolute atomic E-state index is 0.178. The highest BCUT2D eigenvalue weighted by molar-refractivity contribution is 7.99. The first-order valence-electron chi connectivity index (χ1n) is 9.46. The van der Waals surface area contributed by atoms with Crippen molar-refractivity contribution in [2.45, 2.75) is 23.8 Å². The normalized spacial score (nSPS) is 12.2.